The van der Waals surface area contributed by atoms with E-state index in [9.17, 15) is 26.3 Å². The predicted molar refractivity (Wildman–Crippen MR) is 88.6 cm³/mol. The summed E-state index contributed by atoms with van der Waals surface area (Å²) in [5.74, 6) is -1.46. The van der Waals surface area contributed by atoms with E-state index in [4.69, 9.17) is 10.5 Å². The Morgan fingerprint density at radius 1 is 0.963 bits per heavy atom. The van der Waals surface area contributed by atoms with Gasteiger partial charge < -0.3 is 15.5 Å². The molecule has 0 aliphatic carbocycles. The summed E-state index contributed by atoms with van der Waals surface area (Å²) in [4.78, 5) is 2.98. The first kappa shape index (κ1) is 18.9. The van der Waals surface area contributed by atoms with Gasteiger partial charge in [0.1, 0.15) is 16.9 Å². The summed E-state index contributed by atoms with van der Waals surface area (Å²) in [6.45, 7) is 1.87. The van der Waals surface area contributed by atoms with E-state index in [0.717, 1.165) is 5.56 Å². The molecule has 0 fully saturated rings. The lowest BCUT2D eigenvalue weighted by Crippen LogP contribution is -2.15. The van der Waals surface area contributed by atoms with Crippen LogP contribution in [0.15, 0.2) is 36.5 Å². The number of rotatable bonds is 3. The Hall–Kier alpha value is -2.84. The largest absolute Gasteiger partial charge is 0.456 e. The highest BCUT2D eigenvalue weighted by molar-refractivity contribution is 5.84. The van der Waals surface area contributed by atoms with Crippen molar-refractivity contribution in [2.24, 2.45) is 0 Å². The van der Waals surface area contributed by atoms with Gasteiger partial charge in [0.25, 0.3) is 0 Å². The number of hydrogen-bond acceptors (Lipinski definition) is 2. The molecule has 2 aromatic carbocycles. The molecular weight excluding hydrogens is 374 g/mol. The zero-order valence-corrected chi connectivity index (χ0v) is 13.9. The third kappa shape index (κ3) is 3.67. The summed E-state index contributed by atoms with van der Waals surface area (Å²) >= 11 is 0. The van der Waals surface area contributed by atoms with Gasteiger partial charge in [-0.15, -0.1) is 0 Å². The Morgan fingerprint density at radius 2 is 1.56 bits per heavy atom. The third-order valence-corrected chi connectivity index (χ3v) is 4.06. The minimum atomic E-state index is -5.07. The number of halogens is 6. The summed E-state index contributed by atoms with van der Waals surface area (Å²) in [7, 11) is 0. The van der Waals surface area contributed by atoms with Gasteiger partial charge in [0.2, 0.25) is 0 Å². The molecule has 0 spiro atoms. The smallest absolute Gasteiger partial charge is 0.420 e. The summed E-state index contributed by atoms with van der Waals surface area (Å²) in [6.07, 6.45) is -7.79. The topological polar surface area (TPSA) is 51.0 Å². The number of fused-ring (bicyclic) bond motifs is 1. The number of aromatic nitrogens is 1. The van der Waals surface area contributed by atoms with Gasteiger partial charge in [0, 0.05) is 22.8 Å². The van der Waals surface area contributed by atoms with E-state index in [1.54, 1.807) is 6.20 Å². The molecule has 0 amide bonds. The molecule has 0 bridgehead atoms. The fourth-order valence-corrected chi connectivity index (χ4v) is 2.81. The van der Waals surface area contributed by atoms with Crippen molar-refractivity contribution in [2.75, 3.05) is 5.73 Å². The van der Waals surface area contributed by atoms with Crippen LogP contribution in [0.3, 0.4) is 0 Å². The Morgan fingerprint density at radius 3 is 2.07 bits per heavy atom. The first-order chi connectivity index (χ1) is 12.5. The summed E-state index contributed by atoms with van der Waals surface area (Å²) in [6, 6.07) is 5.09. The molecule has 144 valence electrons. The second-order valence-corrected chi connectivity index (χ2v) is 5.92. The molecule has 0 aliphatic heterocycles. The molecule has 0 saturated carbocycles. The van der Waals surface area contributed by atoms with Crippen molar-refractivity contribution < 1.29 is 31.1 Å². The second kappa shape index (κ2) is 6.40. The molecule has 27 heavy (non-hydrogen) atoms. The van der Waals surface area contributed by atoms with Gasteiger partial charge in [-0.2, -0.15) is 26.3 Å². The predicted octanol–water partition coefficient (Wildman–Crippen LogP) is 6.14. The number of aromatic amines is 1. The van der Waals surface area contributed by atoms with Crippen LogP contribution in [-0.4, -0.2) is 4.98 Å². The van der Waals surface area contributed by atoms with Gasteiger partial charge in [-0.1, -0.05) is 6.92 Å². The molecule has 3 aromatic rings. The molecule has 3 nitrogen and oxygen atoms in total. The molecular formula is C18H14F6N2O. The molecule has 1 heterocycles. The molecule has 0 radical (unpaired) electrons. The van der Waals surface area contributed by atoms with Crippen LogP contribution in [0.4, 0.5) is 32.0 Å². The van der Waals surface area contributed by atoms with Crippen LogP contribution in [0.2, 0.25) is 0 Å². The standard InChI is InChI=1S/C18H14F6N2O/c1-2-9-8-26-15-4-3-11(7-12(9)15)27-16-13(17(19,20)21)5-10(25)6-14(16)18(22,23)24/h3-8,26H,2,25H2,1H3. The van der Waals surface area contributed by atoms with E-state index in [1.165, 1.54) is 18.2 Å². The minimum Gasteiger partial charge on any atom is -0.456 e. The lowest BCUT2D eigenvalue weighted by Gasteiger charge is -2.20. The minimum absolute atomic E-state index is 0.141. The van der Waals surface area contributed by atoms with Gasteiger partial charge in [-0.3, -0.25) is 0 Å². The normalized spacial score (nSPS) is 12.6. The van der Waals surface area contributed by atoms with Crippen molar-refractivity contribution >= 4 is 16.6 Å². The number of benzene rings is 2. The SMILES string of the molecule is CCc1c[nH]c2ccc(Oc3c(C(F)(F)F)cc(N)cc3C(F)(F)F)cc12. The number of alkyl halides is 6. The molecule has 0 atom stereocenters. The van der Waals surface area contributed by atoms with E-state index >= 15 is 0 Å². The number of nitrogens with two attached hydrogens (primary N) is 1. The quantitative estimate of drug-likeness (QED) is 0.418. The molecule has 3 rings (SSSR count). The van der Waals surface area contributed by atoms with Gasteiger partial charge in [-0.05, 0) is 42.3 Å². The highest BCUT2D eigenvalue weighted by Gasteiger charge is 2.42. The number of ether oxygens (including phenoxy) is 1. The summed E-state index contributed by atoms with van der Waals surface area (Å²) in [5.41, 5.74) is 2.99. The Labute approximate surface area is 149 Å². The molecule has 9 heteroatoms. The van der Waals surface area contributed by atoms with Gasteiger partial charge >= 0.3 is 12.4 Å². The van der Waals surface area contributed by atoms with Gasteiger partial charge in [-0.25, -0.2) is 0 Å². The van der Waals surface area contributed by atoms with Crippen LogP contribution in [0, 0.1) is 0 Å². The van der Waals surface area contributed by atoms with Crippen LogP contribution in [0.5, 0.6) is 11.5 Å². The van der Waals surface area contributed by atoms with Crippen molar-refractivity contribution in [2.45, 2.75) is 25.7 Å². The van der Waals surface area contributed by atoms with Crippen molar-refractivity contribution in [1.82, 2.24) is 4.98 Å². The van der Waals surface area contributed by atoms with Crippen LogP contribution in [-0.2, 0) is 18.8 Å². The molecule has 1 aromatic heterocycles. The summed E-state index contributed by atoms with van der Waals surface area (Å²) in [5, 5.41) is 0.660. The monoisotopic (exact) mass is 388 g/mol. The maximum atomic E-state index is 13.3. The Balaban J connectivity index is 2.18. The highest BCUT2D eigenvalue weighted by Crippen LogP contribution is 2.47. The maximum Gasteiger partial charge on any atom is 0.420 e. The average Bonchev–Trinajstić information content (AvgIpc) is 2.96. The van der Waals surface area contributed by atoms with Crippen LogP contribution >= 0.6 is 0 Å². The molecule has 3 N–H and O–H groups in total. The Bertz CT molecular complexity index is 953. The zero-order valence-electron chi connectivity index (χ0n) is 13.9. The van der Waals surface area contributed by atoms with Crippen LogP contribution < -0.4 is 10.5 Å². The molecule has 0 aliphatic rings. The number of H-pyrrole nitrogens is 1. The zero-order chi connectivity index (χ0) is 20.0. The number of anilines is 1. The van der Waals surface area contributed by atoms with Crippen LogP contribution in [0.1, 0.15) is 23.6 Å². The van der Waals surface area contributed by atoms with E-state index < -0.39 is 34.9 Å². The lowest BCUT2D eigenvalue weighted by atomic mass is 10.1. The number of aryl methyl sites for hydroxylation is 1. The third-order valence-electron chi connectivity index (χ3n) is 4.06. The van der Waals surface area contributed by atoms with E-state index in [-0.39, 0.29) is 5.75 Å². The first-order valence-electron chi connectivity index (χ1n) is 7.86. The fourth-order valence-electron chi connectivity index (χ4n) is 2.81. The first-order valence-corrected chi connectivity index (χ1v) is 7.86. The highest BCUT2D eigenvalue weighted by atomic mass is 19.4. The molecule has 0 unspecified atom stereocenters. The maximum absolute atomic E-state index is 13.3. The fraction of sp³-hybridized carbons (Fsp3) is 0.222. The average molecular weight is 388 g/mol. The van der Waals surface area contributed by atoms with Gasteiger partial charge in [0.05, 0.1) is 0 Å². The van der Waals surface area contributed by atoms with Crippen molar-refractivity contribution in [3.8, 4) is 11.5 Å². The Kier molecular flexibility index (Phi) is 4.49. The number of hydrogen-bond donors (Lipinski definition) is 2. The van der Waals surface area contributed by atoms with Crippen molar-refractivity contribution in [3.05, 3.63) is 53.2 Å². The van der Waals surface area contributed by atoms with Crippen molar-refractivity contribution in [3.63, 3.8) is 0 Å². The van der Waals surface area contributed by atoms with Crippen molar-refractivity contribution in [1.29, 1.82) is 0 Å². The summed E-state index contributed by atoms with van der Waals surface area (Å²) < 4.78 is 85.0. The second-order valence-electron chi connectivity index (χ2n) is 5.92. The van der Waals surface area contributed by atoms with E-state index in [2.05, 4.69) is 4.98 Å². The van der Waals surface area contributed by atoms with E-state index in [0.29, 0.717) is 29.5 Å². The van der Waals surface area contributed by atoms with Gasteiger partial charge in [0.15, 0.2) is 5.75 Å². The number of nitrogen functional groups attached to an aromatic ring is 1. The number of nitrogens with one attached hydrogen (secondary N) is 1. The lowest BCUT2D eigenvalue weighted by molar-refractivity contribution is -0.144. The molecule has 0 saturated heterocycles. The van der Waals surface area contributed by atoms with E-state index in [1.807, 2.05) is 6.92 Å². The van der Waals surface area contributed by atoms with Crippen LogP contribution in [0.25, 0.3) is 10.9 Å².